The minimum absolute atomic E-state index is 0.248. The Kier molecular flexibility index (Phi) is 10.1. The third-order valence-electron chi connectivity index (χ3n) is 1.43. The van der Waals surface area contributed by atoms with Crippen molar-refractivity contribution in [1.82, 2.24) is 0 Å². The summed E-state index contributed by atoms with van der Waals surface area (Å²) in [5, 5.41) is 7.33. The van der Waals surface area contributed by atoms with Gasteiger partial charge in [0.15, 0.2) is 0 Å². The first-order valence-corrected chi connectivity index (χ1v) is 8.45. The lowest BCUT2D eigenvalue weighted by Gasteiger charge is -2.20. The maximum absolute atomic E-state index is 3.31. The summed E-state index contributed by atoms with van der Waals surface area (Å²) in [7, 11) is 0. The Balaban J connectivity index is 4.31. The zero-order valence-electron chi connectivity index (χ0n) is 11.3. The summed E-state index contributed by atoms with van der Waals surface area (Å²) >= 11 is 5.26. The molecule has 0 saturated heterocycles. The summed E-state index contributed by atoms with van der Waals surface area (Å²) in [6, 6.07) is 0. The van der Waals surface area contributed by atoms with Crippen LogP contribution >= 0.6 is 35.3 Å². The van der Waals surface area contributed by atoms with Gasteiger partial charge >= 0.3 is 0 Å². The average Bonchev–Trinajstić information content (AvgIpc) is 2.23. The molecule has 0 saturated carbocycles. The van der Waals surface area contributed by atoms with Crippen molar-refractivity contribution >= 4 is 35.3 Å². The number of hydrogen-bond donors (Lipinski definition) is 0. The van der Waals surface area contributed by atoms with Crippen LogP contribution in [0.3, 0.4) is 0 Å². The van der Waals surface area contributed by atoms with E-state index in [9.17, 15) is 0 Å². The van der Waals surface area contributed by atoms with Crippen LogP contribution in [-0.4, -0.2) is 9.33 Å². The van der Waals surface area contributed by atoms with E-state index in [0.717, 1.165) is 6.42 Å². The third-order valence-corrected chi connectivity index (χ3v) is 4.45. The Hall–Kier alpha value is 0.0900. The molecule has 96 valence electrons. The van der Waals surface area contributed by atoms with Crippen molar-refractivity contribution in [2.75, 3.05) is 0 Å². The molecule has 0 aromatic rings. The first kappa shape index (κ1) is 17.1. The maximum Gasteiger partial charge on any atom is 0.116 e. The molecule has 0 fully saturated rings. The van der Waals surface area contributed by atoms with E-state index in [1.807, 2.05) is 18.7 Å². The van der Waals surface area contributed by atoms with Crippen molar-refractivity contribution in [3.8, 4) is 11.2 Å². The van der Waals surface area contributed by atoms with E-state index in [0.29, 0.717) is 4.58 Å². The number of thioether (sulfide) groups is 3. The summed E-state index contributed by atoms with van der Waals surface area (Å²) in [5.74, 6) is 3.31. The lowest BCUT2D eigenvalue weighted by atomic mass is 10.3. The molecule has 0 spiro atoms. The van der Waals surface area contributed by atoms with Gasteiger partial charge in [-0.05, 0) is 41.2 Å². The Morgan fingerprint density at radius 1 is 1.24 bits per heavy atom. The van der Waals surface area contributed by atoms with Crippen LogP contribution in [0.5, 0.6) is 0 Å². The van der Waals surface area contributed by atoms with Crippen LogP contribution in [0.2, 0.25) is 0 Å². The van der Waals surface area contributed by atoms with Crippen LogP contribution < -0.4 is 0 Å². The average molecular weight is 287 g/mol. The molecule has 0 aromatic heterocycles. The molecule has 3 heteroatoms. The molecule has 0 nitrogen and oxygen atoms in total. The van der Waals surface area contributed by atoms with Crippen LogP contribution in [0.15, 0.2) is 23.0 Å². The lowest BCUT2D eigenvalue weighted by molar-refractivity contribution is 0.804. The number of allylic oxidation sites excluding steroid dienone is 2. The summed E-state index contributed by atoms with van der Waals surface area (Å²) in [6.07, 6.45) is 5.26. The minimum Gasteiger partial charge on any atom is -0.128 e. The van der Waals surface area contributed by atoms with Gasteiger partial charge in [-0.15, -0.1) is 23.5 Å². The monoisotopic (exact) mass is 286 g/mol. The van der Waals surface area contributed by atoms with Crippen molar-refractivity contribution in [3.05, 3.63) is 23.0 Å². The number of rotatable bonds is 5. The van der Waals surface area contributed by atoms with Gasteiger partial charge in [0.05, 0.1) is 0 Å². The molecule has 0 rings (SSSR count). The molecule has 0 aliphatic heterocycles. The van der Waals surface area contributed by atoms with Gasteiger partial charge in [-0.1, -0.05) is 45.8 Å². The SMILES string of the molecule is CC=CSC(C#CSC=CCC)SC(C)(C)C. The summed E-state index contributed by atoms with van der Waals surface area (Å²) in [6.45, 7) is 10.9. The first-order valence-electron chi connectivity index (χ1n) is 5.75. The van der Waals surface area contributed by atoms with Crippen LogP contribution in [0, 0.1) is 11.2 Å². The van der Waals surface area contributed by atoms with Crippen LogP contribution in [0.25, 0.3) is 0 Å². The topological polar surface area (TPSA) is 0 Å². The summed E-state index contributed by atoms with van der Waals surface area (Å²) in [4.78, 5) is 0. The first-order chi connectivity index (χ1) is 7.99. The highest BCUT2D eigenvalue weighted by atomic mass is 32.2. The highest BCUT2D eigenvalue weighted by Crippen LogP contribution is 2.34. The molecule has 0 aliphatic carbocycles. The molecule has 0 bridgehead atoms. The predicted molar refractivity (Wildman–Crippen MR) is 88.3 cm³/mol. The van der Waals surface area contributed by atoms with Gasteiger partial charge in [0.2, 0.25) is 0 Å². The molecular formula is C14H22S3. The van der Waals surface area contributed by atoms with Crippen molar-refractivity contribution < 1.29 is 0 Å². The van der Waals surface area contributed by atoms with Crippen LogP contribution in [0.1, 0.15) is 41.0 Å². The van der Waals surface area contributed by atoms with E-state index in [1.54, 1.807) is 23.5 Å². The van der Waals surface area contributed by atoms with Gasteiger partial charge in [-0.3, -0.25) is 0 Å². The number of hydrogen-bond acceptors (Lipinski definition) is 3. The molecule has 0 aromatic carbocycles. The van der Waals surface area contributed by atoms with Crippen molar-refractivity contribution in [1.29, 1.82) is 0 Å². The van der Waals surface area contributed by atoms with Gasteiger partial charge in [-0.2, -0.15) is 0 Å². The highest BCUT2D eigenvalue weighted by Gasteiger charge is 2.17. The van der Waals surface area contributed by atoms with Crippen LogP contribution in [-0.2, 0) is 0 Å². The van der Waals surface area contributed by atoms with Gasteiger partial charge in [0, 0.05) is 4.75 Å². The molecular weight excluding hydrogens is 264 g/mol. The van der Waals surface area contributed by atoms with Gasteiger partial charge in [-0.25, -0.2) is 0 Å². The Morgan fingerprint density at radius 3 is 2.47 bits per heavy atom. The van der Waals surface area contributed by atoms with E-state index in [4.69, 9.17) is 0 Å². The lowest BCUT2D eigenvalue weighted by Crippen LogP contribution is -2.12. The molecule has 0 N–H and O–H groups in total. The van der Waals surface area contributed by atoms with E-state index >= 15 is 0 Å². The Labute approximate surface area is 119 Å². The van der Waals surface area contributed by atoms with E-state index in [1.165, 1.54) is 0 Å². The molecule has 0 amide bonds. The Bertz CT molecular complexity index is 300. The predicted octanol–water partition coefficient (Wildman–Crippen LogP) is 5.73. The quantitative estimate of drug-likeness (QED) is 0.468. The summed E-state index contributed by atoms with van der Waals surface area (Å²) < 4.78 is 0.562. The summed E-state index contributed by atoms with van der Waals surface area (Å²) in [5.41, 5.74) is 0. The highest BCUT2D eigenvalue weighted by molar-refractivity contribution is 8.19. The van der Waals surface area contributed by atoms with Gasteiger partial charge in [0.1, 0.15) is 4.58 Å². The van der Waals surface area contributed by atoms with Gasteiger partial charge < -0.3 is 0 Å². The molecule has 1 unspecified atom stereocenters. The molecule has 17 heavy (non-hydrogen) atoms. The van der Waals surface area contributed by atoms with Gasteiger partial charge in [0.25, 0.3) is 0 Å². The van der Waals surface area contributed by atoms with E-state index in [2.05, 4.69) is 61.8 Å². The van der Waals surface area contributed by atoms with Crippen molar-refractivity contribution in [2.24, 2.45) is 0 Å². The smallest absolute Gasteiger partial charge is 0.116 e. The molecule has 1 atom stereocenters. The second-order valence-corrected chi connectivity index (χ2v) is 8.27. The minimum atomic E-state index is 0.248. The molecule has 0 heterocycles. The van der Waals surface area contributed by atoms with Crippen LogP contribution in [0.4, 0.5) is 0 Å². The van der Waals surface area contributed by atoms with E-state index in [-0.39, 0.29) is 4.75 Å². The zero-order valence-corrected chi connectivity index (χ0v) is 13.8. The fourth-order valence-electron chi connectivity index (χ4n) is 0.823. The second kappa shape index (κ2) is 10.1. The van der Waals surface area contributed by atoms with Crippen molar-refractivity contribution in [3.63, 3.8) is 0 Å². The second-order valence-electron chi connectivity index (χ2n) is 4.31. The largest absolute Gasteiger partial charge is 0.128 e. The maximum atomic E-state index is 3.31. The van der Waals surface area contributed by atoms with E-state index < -0.39 is 0 Å². The zero-order chi connectivity index (χ0) is 13.1. The Morgan fingerprint density at radius 2 is 1.94 bits per heavy atom. The molecule has 0 aliphatic rings. The fourth-order valence-corrected chi connectivity index (χ4v) is 3.98. The fraction of sp³-hybridized carbons (Fsp3) is 0.571. The third kappa shape index (κ3) is 12.3. The van der Waals surface area contributed by atoms with Crippen molar-refractivity contribution in [2.45, 2.75) is 50.4 Å². The normalized spacial score (nSPS) is 13.9. The standard InChI is InChI=1S/C14H22S3/c1-6-8-11-15-12-9-13(16-10-7-2)17-14(3,4)5/h7-8,10-11,13H,6H2,1-5H3. The molecule has 0 radical (unpaired) electrons.